The van der Waals surface area contributed by atoms with Crippen LogP contribution in [0.4, 0.5) is 0 Å². The first-order valence-electron chi connectivity index (χ1n) is 6.71. The Morgan fingerprint density at radius 2 is 1.90 bits per heavy atom. The molecule has 1 unspecified atom stereocenters. The number of carbonyl (C=O) groups excluding carboxylic acids is 2. The number of hydrogen-bond donors (Lipinski definition) is 0. The van der Waals surface area contributed by atoms with Crippen molar-refractivity contribution >= 4 is 27.7 Å². The third-order valence-electron chi connectivity index (χ3n) is 3.86. The van der Waals surface area contributed by atoms with E-state index in [1.165, 1.54) is 0 Å². The molecular weight excluding hydrogens is 320 g/mol. The fraction of sp³-hybridized carbons (Fsp3) is 0.375. The lowest BCUT2D eigenvalue weighted by Crippen LogP contribution is -2.31. The Labute approximate surface area is 126 Å². The summed E-state index contributed by atoms with van der Waals surface area (Å²) in [5.74, 6) is -0.558. The Morgan fingerprint density at radius 1 is 1.20 bits per heavy atom. The first-order chi connectivity index (χ1) is 9.49. The molecule has 3 rings (SSSR count). The number of benzene rings is 1. The number of cyclic esters (lactones) is 1. The number of hydrogen-bond acceptors (Lipinski definition) is 3. The van der Waals surface area contributed by atoms with Crippen LogP contribution in [0.25, 0.3) is 0 Å². The average molecular weight is 335 g/mol. The van der Waals surface area contributed by atoms with E-state index in [0.717, 1.165) is 22.9 Å². The van der Waals surface area contributed by atoms with Crippen molar-refractivity contribution in [3.63, 3.8) is 0 Å². The van der Waals surface area contributed by atoms with E-state index in [1.807, 2.05) is 25.1 Å². The number of halogens is 1. The summed E-state index contributed by atoms with van der Waals surface area (Å²) in [5.41, 5.74) is 2.35. The molecule has 0 N–H and O–H groups in total. The number of esters is 1. The number of carbonyl (C=O) groups is 2. The number of rotatable bonds is 2. The van der Waals surface area contributed by atoms with Gasteiger partial charge >= 0.3 is 5.97 Å². The number of ketones is 1. The Kier molecular flexibility index (Phi) is 3.28. The lowest BCUT2D eigenvalue weighted by molar-refractivity contribution is -0.146. The van der Waals surface area contributed by atoms with Crippen LogP contribution in [-0.2, 0) is 14.3 Å². The van der Waals surface area contributed by atoms with Gasteiger partial charge in [-0.25, -0.2) is 0 Å². The topological polar surface area (TPSA) is 43.4 Å². The lowest BCUT2D eigenvalue weighted by atomic mass is 9.88. The standard InChI is InChI=1S/C16H15BrO3/c1-8-3-6-11(12(17)7-8)13-14(18)9(2)15(10-4-5-10)20-16(13)19/h3,6-7,10,13H,4-5H2,1-2H3. The summed E-state index contributed by atoms with van der Waals surface area (Å²) >= 11 is 3.44. The summed E-state index contributed by atoms with van der Waals surface area (Å²) in [6, 6.07) is 5.63. The Bertz CT molecular complexity index is 641. The first kappa shape index (κ1) is 13.6. The Morgan fingerprint density at radius 3 is 2.50 bits per heavy atom. The maximum Gasteiger partial charge on any atom is 0.326 e. The molecule has 2 aliphatic rings. The van der Waals surface area contributed by atoms with E-state index in [1.54, 1.807) is 6.92 Å². The van der Waals surface area contributed by atoms with E-state index in [0.29, 0.717) is 16.9 Å². The molecule has 1 aromatic rings. The smallest absolute Gasteiger partial charge is 0.326 e. The lowest BCUT2D eigenvalue weighted by Gasteiger charge is -2.24. The highest BCUT2D eigenvalue weighted by atomic mass is 79.9. The van der Waals surface area contributed by atoms with Crippen LogP contribution in [0.15, 0.2) is 34.0 Å². The van der Waals surface area contributed by atoms with Gasteiger partial charge in [0.25, 0.3) is 0 Å². The van der Waals surface area contributed by atoms with Gasteiger partial charge in [0.2, 0.25) is 0 Å². The molecule has 1 atom stereocenters. The van der Waals surface area contributed by atoms with Gasteiger partial charge in [-0.15, -0.1) is 0 Å². The second kappa shape index (κ2) is 4.85. The van der Waals surface area contributed by atoms with E-state index in [9.17, 15) is 9.59 Å². The molecule has 0 bridgehead atoms. The van der Waals surface area contributed by atoms with Crippen LogP contribution < -0.4 is 0 Å². The van der Waals surface area contributed by atoms with Crippen molar-refractivity contribution in [3.05, 3.63) is 45.1 Å². The van der Waals surface area contributed by atoms with Crippen molar-refractivity contribution < 1.29 is 14.3 Å². The molecule has 4 heteroatoms. The summed E-state index contributed by atoms with van der Waals surface area (Å²) in [7, 11) is 0. The van der Waals surface area contributed by atoms with Crippen molar-refractivity contribution in [2.24, 2.45) is 5.92 Å². The highest BCUT2D eigenvalue weighted by Gasteiger charge is 2.42. The molecule has 1 aromatic carbocycles. The fourth-order valence-corrected chi connectivity index (χ4v) is 3.28. The van der Waals surface area contributed by atoms with E-state index < -0.39 is 11.9 Å². The fourth-order valence-electron chi connectivity index (χ4n) is 2.56. The third kappa shape index (κ3) is 2.22. The van der Waals surface area contributed by atoms with Gasteiger partial charge in [-0.3, -0.25) is 9.59 Å². The van der Waals surface area contributed by atoms with Gasteiger partial charge in [0, 0.05) is 16.0 Å². The van der Waals surface area contributed by atoms with Crippen LogP contribution >= 0.6 is 15.9 Å². The molecule has 0 aromatic heterocycles. The third-order valence-corrected chi connectivity index (χ3v) is 4.55. The van der Waals surface area contributed by atoms with Crippen molar-refractivity contribution in [2.45, 2.75) is 32.6 Å². The SMILES string of the molecule is CC1=C(C2CC2)OC(=O)C(c2ccc(C)cc2Br)C1=O. The largest absolute Gasteiger partial charge is 0.430 e. The maximum atomic E-state index is 12.5. The minimum Gasteiger partial charge on any atom is -0.430 e. The van der Waals surface area contributed by atoms with Gasteiger partial charge < -0.3 is 4.74 Å². The van der Waals surface area contributed by atoms with Crippen LogP contribution in [0, 0.1) is 12.8 Å². The van der Waals surface area contributed by atoms with Crippen molar-refractivity contribution in [3.8, 4) is 0 Å². The Hall–Kier alpha value is -1.42. The highest BCUT2D eigenvalue weighted by Crippen LogP contribution is 2.43. The maximum absolute atomic E-state index is 12.5. The molecule has 1 aliphatic heterocycles. The summed E-state index contributed by atoms with van der Waals surface area (Å²) in [6.45, 7) is 3.73. The average Bonchev–Trinajstić information content (AvgIpc) is 3.20. The van der Waals surface area contributed by atoms with Crippen molar-refractivity contribution in [2.75, 3.05) is 0 Å². The predicted molar refractivity (Wildman–Crippen MR) is 78.1 cm³/mol. The number of ether oxygens (including phenoxy) is 1. The van der Waals surface area contributed by atoms with Crippen LogP contribution in [0.1, 0.15) is 36.8 Å². The minimum absolute atomic E-state index is 0.132. The van der Waals surface area contributed by atoms with Gasteiger partial charge in [0.1, 0.15) is 11.7 Å². The van der Waals surface area contributed by atoms with Crippen LogP contribution in [0.2, 0.25) is 0 Å². The molecule has 20 heavy (non-hydrogen) atoms. The zero-order chi connectivity index (χ0) is 14.4. The molecule has 0 amide bonds. The number of aryl methyl sites for hydroxylation is 1. The molecule has 0 spiro atoms. The number of allylic oxidation sites excluding steroid dienone is 2. The van der Waals surface area contributed by atoms with Crippen LogP contribution in [0.3, 0.4) is 0 Å². The van der Waals surface area contributed by atoms with E-state index in [2.05, 4.69) is 15.9 Å². The molecule has 104 valence electrons. The number of Topliss-reactive ketones (excluding diaryl/α,β-unsaturated/α-hetero) is 1. The molecule has 1 fully saturated rings. The molecule has 1 heterocycles. The predicted octanol–water partition coefficient (Wildman–Crippen LogP) is 3.65. The zero-order valence-electron chi connectivity index (χ0n) is 11.4. The van der Waals surface area contributed by atoms with E-state index in [4.69, 9.17) is 4.74 Å². The second-order valence-electron chi connectivity index (χ2n) is 5.51. The zero-order valence-corrected chi connectivity index (χ0v) is 13.0. The summed E-state index contributed by atoms with van der Waals surface area (Å²) in [5, 5.41) is 0. The van der Waals surface area contributed by atoms with Gasteiger partial charge in [0.05, 0.1) is 0 Å². The molecular formula is C16H15BrO3. The Balaban J connectivity index is 2.02. The van der Waals surface area contributed by atoms with Gasteiger partial charge in [-0.05, 0) is 43.9 Å². The van der Waals surface area contributed by atoms with Crippen molar-refractivity contribution in [1.29, 1.82) is 0 Å². The molecule has 3 nitrogen and oxygen atoms in total. The molecule has 0 saturated heterocycles. The highest BCUT2D eigenvalue weighted by molar-refractivity contribution is 9.10. The summed E-state index contributed by atoms with van der Waals surface area (Å²) in [6.07, 6.45) is 2.01. The van der Waals surface area contributed by atoms with Gasteiger partial charge in [0.15, 0.2) is 5.78 Å². The molecule has 1 aliphatic carbocycles. The summed E-state index contributed by atoms with van der Waals surface area (Å²) in [4.78, 5) is 24.8. The van der Waals surface area contributed by atoms with Gasteiger partial charge in [-0.2, -0.15) is 0 Å². The summed E-state index contributed by atoms with van der Waals surface area (Å²) < 4.78 is 6.22. The van der Waals surface area contributed by atoms with E-state index in [-0.39, 0.29) is 11.7 Å². The second-order valence-corrected chi connectivity index (χ2v) is 6.36. The minimum atomic E-state index is -0.840. The monoisotopic (exact) mass is 334 g/mol. The first-order valence-corrected chi connectivity index (χ1v) is 7.51. The van der Waals surface area contributed by atoms with Gasteiger partial charge in [-0.1, -0.05) is 28.1 Å². The van der Waals surface area contributed by atoms with E-state index >= 15 is 0 Å². The molecule has 0 radical (unpaired) electrons. The van der Waals surface area contributed by atoms with Crippen LogP contribution in [-0.4, -0.2) is 11.8 Å². The van der Waals surface area contributed by atoms with Crippen molar-refractivity contribution in [1.82, 2.24) is 0 Å². The molecule has 1 saturated carbocycles. The quantitative estimate of drug-likeness (QED) is 0.612. The van der Waals surface area contributed by atoms with Crippen LogP contribution in [0.5, 0.6) is 0 Å². The normalized spacial score (nSPS) is 23.1.